The van der Waals surface area contributed by atoms with E-state index in [1.165, 1.54) is 11.8 Å². The number of para-hydroxylation sites is 1. The molecule has 1 heterocycles. The maximum Gasteiger partial charge on any atom is 0.327 e. The molecule has 170 valence electrons. The highest BCUT2D eigenvalue weighted by atomic mass is 16.5. The van der Waals surface area contributed by atoms with E-state index in [1.807, 2.05) is 13.0 Å². The van der Waals surface area contributed by atoms with Crippen molar-refractivity contribution < 1.29 is 23.9 Å². The van der Waals surface area contributed by atoms with Crippen molar-refractivity contribution in [2.75, 3.05) is 18.0 Å². The van der Waals surface area contributed by atoms with Crippen molar-refractivity contribution in [3.8, 4) is 6.07 Å². The van der Waals surface area contributed by atoms with E-state index in [9.17, 15) is 19.2 Å². The van der Waals surface area contributed by atoms with Crippen LogP contribution in [-0.4, -0.2) is 53.4 Å². The monoisotopic (exact) mass is 440 g/mol. The van der Waals surface area contributed by atoms with Crippen LogP contribution in [0.3, 0.4) is 0 Å². The molecule has 0 radical (unpaired) electrons. The second kappa shape index (κ2) is 9.81. The highest BCUT2D eigenvalue weighted by molar-refractivity contribution is 6.09. The van der Waals surface area contributed by atoms with E-state index in [2.05, 4.69) is 5.32 Å². The lowest BCUT2D eigenvalue weighted by molar-refractivity contribution is -0.156. The summed E-state index contributed by atoms with van der Waals surface area (Å²) in [6.07, 6.45) is 2.17. The van der Waals surface area contributed by atoms with Crippen LogP contribution < -0.4 is 10.2 Å². The van der Waals surface area contributed by atoms with Crippen LogP contribution in [0.5, 0.6) is 0 Å². The predicted octanol–water partition coefficient (Wildman–Crippen LogP) is 2.37. The Kier molecular flexibility index (Phi) is 7.13. The molecule has 2 aliphatic rings. The Hall–Kier alpha value is -3.41. The van der Waals surface area contributed by atoms with E-state index in [4.69, 9.17) is 10.00 Å². The number of hydrogen-bond acceptors (Lipinski definition) is 6. The minimum absolute atomic E-state index is 0.0196. The van der Waals surface area contributed by atoms with Crippen molar-refractivity contribution in [1.82, 2.24) is 10.2 Å². The molecule has 9 heteroatoms. The van der Waals surface area contributed by atoms with Gasteiger partial charge in [0.25, 0.3) is 11.8 Å². The molecular weight excluding hydrogens is 412 g/mol. The lowest BCUT2D eigenvalue weighted by Gasteiger charge is -2.36. The summed E-state index contributed by atoms with van der Waals surface area (Å²) < 4.78 is 5.27. The van der Waals surface area contributed by atoms with Gasteiger partial charge in [-0.25, -0.2) is 4.79 Å². The van der Waals surface area contributed by atoms with E-state index >= 15 is 0 Å². The summed E-state index contributed by atoms with van der Waals surface area (Å²) in [5.41, 5.74) is -0.378. The smallest absolute Gasteiger partial charge is 0.327 e. The van der Waals surface area contributed by atoms with E-state index in [1.54, 1.807) is 30.3 Å². The van der Waals surface area contributed by atoms with Gasteiger partial charge in [-0.05, 0) is 37.8 Å². The summed E-state index contributed by atoms with van der Waals surface area (Å²) in [6, 6.07) is 10.2. The summed E-state index contributed by atoms with van der Waals surface area (Å²) >= 11 is 0. The second-order valence-electron chi connectivity index (χ2n) is 8.31. The highest BCUT2D eigenvalue weighted by Gasteiger charge is 2.55. The van der Waals surface area contributed by atoms with Gasteiger partial charge in [0.15, 0.2) is 6.10 Å². The first-order valence-corrected chi connectivity index (χ1v) is 10.9. The molecule has 1 aliphatic carbocycles. The van der Waals surface area contributed by atoms with Crippen LogP contribution in [0.2, 0.25) is 0 Å². The predicted molar refractivity (Wildman–Crippen MR) is 115 cm³/mol. The zero-order chi connectivity index (χ0) is 23.3. The number of rotatable bonds is 7. The van der Waals surface area contributed by atoms with Gasteiger partial charge in [0.05, 0.1) is 12.5 Å². The Morgan fingerprint density at radius 1 is 1.31 bits per heavy atom. The Balaban J connectivity index is 1.65. The van der Waals surface area contributed by atoms with Crippen LogP contribution in [0.4, 0.5) is 10.5 Å². The number of carbonyl (C=O) groups excluding carboxylic acids is 4. The number of urea groups is 1. The van der Waals surface area contributed by atoms with E-state index in [0.29, 0.717) is 12.1 Å². The average Bonchev–Trinajstić information content (AvgIpc) is 3.01. The number of esters is 1. The molecular formula is C23H28N4O5. The van der Waals surface area contributed by atoms with Gasteiger partial charge in [0.2, 0.25) is 0 Å². The number of amides is 4. The number of imide groups is 1. The molecule has 1 spiro atoms. The summed E-state index contributed by atoms with van der Waals surface area (Å²) in [7, 11) is 0. The SMILES string of the molecule is C[C@@H](OC(=O)CN1C(=O)N[C@@]2(CCCC[C@@H]2C)C1=O)C(=O)N(CCC#N)c1ccccc1. The number of anilines is 1. The second-order valence-corrected chi connectivity index (χ2v) is 8.31. The topological polar surface area (TPSA) is 120 Å². The van der Waals surface area contributed by atoms with E-state index in [-0.39, 0.29) is 18.9 Å². The Labute approximate surface area is 187 Å². The molecule has 1 N–H and O–H groups in total. The van der Waals surface area contributed by atoms with Gasteiger partial charge < -0.3 is 15.0 Å². The van der Waals surface area contributed by atoms with Gasteiger partial charge in [-0.2, -0.15) is 5.26 Å². The van der Waals surface area contributed by atoms with Crippen molar-refractivity contribution in [1.29, 1.82) is 5.26 Å². The number of nitrogens with one attached hydrogen (secondary N) is 1. The summed E-state index contributed by atoms with van der Waals surface area (Å²) in [6.45, 7) is 2.95. The molecule has 3 rings (SSSR count). The van der Waals surface area contributed by atoms with Gasteiger partial charge in [0, 0.05) is 12.2 Å². The fourth-order valence-corrected chi connectivity index (χ4v) is 4.41. The van der Waals surface area contributed by atoms with E-state index < -0.39 is 42.0 Å². The van der Waals surface area contributed by atoms with E-state index in [0.717, 1.165) is 24.2 Å². The lowest BCUT2D eigenvalue weighted by atomic mass is 9.73. The fraction of sp³-hybridized carbons (Fsp3) is 0.522. The summed E-state index contributed by atoms with van der Waals surface area (Å²) in [5.74, 6) is -1.77. The Morgan fingerprint density at radius 2 is 2.03 bits per heavy atom. The maximum atomic E-state index is 13.0. The number of nitrogens with zero attached hydrogens (tertiary/aromatic N) is 3. The molecule has 1 aliphatic heterocycles. The number of ether oxygens (including phenoxy) is 1. The molecule has 2 fully saturated rings. The van der Waals surface area contributed by atoms with Gasteiger partial charge in [-0.15, -0.1) is 0 Å². The molecule has 1 aromatic carbocycles. The van der Waals surface area contributed by atoms with Gasteiger partial charge in [-0.3, -0.25) is 19.3 Å². The molecule has 1 saturated heterocycles. The third kappa shape index (κ3) is 4.59. The molecule has 1 saturated carbocycles. The summed E-state index contributed by atoms with van der Waals surface area (Å²) in [4.78, 5) is 53.1. The minimum atomic E-state index is -1.15. The number of nitriles is 1. The zero-order valence-corrected chi connectivity index (χ0v) is 18.4. The van der Waals surface area contributed by atoms with Gasteiger partial charge >= 0.3 is 12.0 Å². The van der Waals surface area contributed by atoms with Crippen molar-refractivity contribution in [3.63, 3.8) is 0 Å². The van der Waals surface area contributed by atoms with Crippen LogP contribution >= 0.6 is 0 Å². The standard InChI is InChI=1S/C23H28N4O5/c1-16-9-6-7-12-23(16)21(30)27(22(31)25-23)15-19(28)32-17(2)20(29)26(14-8-13-24)18-10-4-3-5-11-18/h3-5,10-11,16-17H,6-9,12,14-15H2,1-2H3,(H,25,31)/t16-,17+,23+/m0/s1. The molecule has 3 atom stereocenters. The van der Waals surface area contributed by atoms with Crippen LogP contribution in [0.25, 0.3) is 0 Å². The quantitative estimate of drug-likeness (QED) is 0.513. The first kappa shape index (κ1) is 23.3. The van der Waals surface area contributed by atoms with Crippen molar-refractivity contribution in [2.45, 2.75) is 57.6 Å². The number of carbonyl (C=O) groups is 4. The van der Waals surface area contributed by atoms with Crippen LogP contribution in [0.1, 0.15) is 46.0 Å². The largest absolute Gasteiger partial charge is 0.451 e. The molecule has 9 nitrogen and oxygen atoms in total. The molecule has 0 unspecified atom stereocenters. The highest BCUT2D eigenvalue weighted by Crippen LogP contribution is 2.38. The van der Waals surface area contributed by atoms with Gasteiger partial charge in [-0.1, -0.05) is 38.0 Å². The normalized spacial score (nSPS) is 23.4. The van der Waals surface area contributed by atoms with Gasteiger partial charge in [0.1, 0.15) is 12.1 Å². The Morgan fingerprint density at radius 3 is 2.69 bits per heavy atom. The number of hydrogen-bond donors (Lipinski definition) is 1. The first-order chi connectivity index (χ1) is 15.3. The minimum Gasteiger partial charge on any atom is -0.451 e. The van der Waals surface area contributed by atoms with Crippen molar-refractivity contribution in [2.24, 2.45) is 5.92 Å². The van der Waals surface area contributed by atoms with Crippen molar-refractivity contribution in [3.05, 3.63) is 30.3 Å². The number of benzene rings is 1. The molecule has 32 heavy (non-hydrogen) atoms. The van der Waals surface area contributed by atoms with Crippen LogP contribution in [-0.2, 0) is 19.1 Å². The lowest BCUT2D eigenvalue weighted by Crippen LogP contribution is -2.54. The van der Waals surface area contributed by atoms with Crippen LogP contribution in [0.15, 0.2) is 30.3 Å². The van der Waals surface area contributed by atoms with Crippen LogP contribution in [0, 0.1) is 17.2 Å². The Bertz CT molecular complexity index is 928. The maximum absolute atomic E-state index is 13.0. The summed E-state index contributed by atoms with van der Waals surface area (Å²) in [5, 5.41) is 11.7. The third-order valence-corrected chi connectivity index (χ3v) is 6.23. The fourth-order valence-electron chi connectivity index (χ4n) is 4.41. The third-order valence-electron chi connectivity index (χ3n) is 6.23. The average molecular weight is 441 g/mol. The molecule has 1 aromatic rings. The molecule has 0 bridgehead atoms. The first-order valence-electron chi connectivity index (χ1n) is 10.9. The molecule has 4 amide bonds. The molecule has 0 aromatic heterocycles. The zero-order valence-electron chi connectivity index (χ0n) is 18.4. The van der Waals surface area contributed by atoms with Crippen molar-refractivity contribution >= 4 is 29.5 Å².